The van der Waals surface area contributed by atoms with Gasteiger partial charge in [-0.15, -0.1) is 12.4 Å². The molecule has 6 nitrogen and oxygen atoms in total. The van der Waals surface area contributed by atoms with Gasteiger partial charge in [-0.2, -0.15) is 0 Å². The monoisotopic (exact) mass is 408 g/mol. The summed E-state index contributed by atoms with van der Waals surface area (Å²) in [6.45, 7) is 4.47. The Morgan fingerprint density at radius 1 is 0.929 bits per heavy atom. The van der Waals surface area contributed by atoms with Gasteiger partial charge < -0.3 is 24.2 Å². The quantitative estimate of drug-likeness (QED) is 0.724. The van der Waals surface area contributed by atoms with Crippen molar-refractivity contribution >= 4 is 18.1 Å². The van der Waals surface area contributed by atoms with Crippen molar-refractivity contribution in [3.63, 3.8) is 0 Å². The Balaban J connectivity index is 0.00000280. The Morgan fingerprint density at radius 2 is 1.64 bits per heavy atom. The van der Waals surface area contributed by atoms with E-state index >= 15 is 0 Å². The van der Waals surface area contributed by atoms with Crippen LogP contribution in [-0.4, -0.2) is 69.7 Å². The van der Waals surface area contributed by atoms with Crippen molar-refractivity contribution in [1.29, 1.82) is 0 Å². The van der Waals surface area contributed by atoms with E-state index in [0.29, 0.717) is 12.3 Å². The van der Waals surface area contributed by atoms with E-state index in [0.717, 1.165) is 43.4 Å². The van der Waals surface area contributed by atoms with Gasteiger partial charge in [-0.25, -0.2) is 0 Å². The molecular weight excluding hydrogens is 380 g/mol. The zero-order valence-electron chi connectivity index (χ0n) is 16.4. The van der Waals surface area contributed by atoms with Crippen LogP contribution in [0.3, 0.4) is 0 Å². The molecule has 0 aliphatic carbocycles. The minimum Gasteiger partial charge on any atom is -0.497 e. The van der Waals surface area contributed by atoms with Gasteiger partial charge in [0.25, 0.3) is 0 Å². The lowest BCUT2D eigenvalue weighted by atomic mass is 10.2. The number of ether oxygens (including phenoxy) is 3. The summed E-state index contributed by atoms with van der Waals surface area (Å²) >= 11 is 0. The molecule has 0 spiro atoms. The molecule has 0 saturated carbocycles. The summed E-state index contributed by atoms with van der Waals surface area (Å²) in [4.78, 5) is 4.60. The van der Waals surface area contributed by atoms with Crippen LogP contribution in [-0.2, 0) is 0 Å². The third-order valence-electron chi connectivity index (χ3n) is 4.75. The van der Waals surface area contributed by atoms with Crippen molar-refractivity contribution in [3.05, 3.63) is 48.5 Å². The Kier molecular flexibility index (Phi) is 8.70. The predicted molar refractivity (Wildman–Crippen MR) is 113 cm³/mol. The van der Waals surface area contributed by atoms with Crippen molar-refractivity contribution in [3.8, 4) is 17.2 Å². The minimum absolute atomic E-state index is 0. The second kappa shape index (κ2) is 11.0. The molecular formula is C21H29ClN2O4. The Hall–Kier alpha value is -2.15. The first kappa shape index (κ1) is 22.1. The zero-order chi connectivity index (χ0) is 19.1. The molecule has 0 radical (unpaired) electrons. The molecule has 0 aromatic heterocycles. The van der Waals surface area contributed by atoms with Crippen LogP contribution in [0.2, 0.25) is 0 Å². The van der Waals surface area contributed by atoms with Crippen LogP contribution in [0.4, 0.5) is 5.69 Å². The molecule has 1 N–H and O–H groups in total. The maximum atomic E-state index is 10.3. The van der Waals surface area contributed by atoms with Crippen LogP contribution in [0.5, 0.6) is 17.2 Å². The van der Waals surface area contributed by atoms with Gasteiger partial charge in [-0.1, -0.05) is 18.2 Å². The van der Waals surface area contributed by atoms with Crippen LogP contribution >= 0.6 is 12.4 Å². The standard InChI is InChI=1S/C21H28N2O4.ClH/c1-25-18-6-5-7-19(14-18)27-16-17(24)15-22-10-12-23(13-11-22)20-8-3-4-9-21(20)26-2;/h3-9,14,17,24H,10-13,15-16H2,1-2H3;1H. The summed E-state index contributed by atoms with van der Waals surface area (Å²) in [6, 6.07) is 15.5. The first-order valence-corrected chi connectivity index (χ1v) is 9.25. The first-order chi connectivity index (χ1) is 13.2. The molecule has 1 saturated heterocycles. The summed E-state index contributed by atoms with van der Waals surface area (Å²) in [5, 5.41) is 10.3. The number of anilines is 1. The molecule has 1 aliphatic rings. The fraction of sp³-hybridized carbons (Fsp3) is 0.429. The van der Waals surface area contributed by atoms with Gasteiger partial charge in [0.05, 0.1) is 19.9 Å². The third-order valence-corrected chi connectivity index (χ3v) is 4.75. The van der Waals surface area contributed by atoms with Crippen LogP contribution in [0.25, 0.3) is 0 Å². The highest BCUT2D eigenvalue weighted by Crippen LogP contribution is 2.28. The maximum absolute atomic E-state index is 10.3. The van der Waals surface area contributed by atoms with Crippen molar-refractivity contribution in [1.82, 2.24) is 4.90 Å². The Morgan fingerprint density at radius 3 is 2.36 bits per heavy atom. The van der Waals surface area contributed by atoms with E-state index in [1.165, 1.54) is 0 Å². The maximum Gasteiger partial charge on any atom is 0.142 e. The minimum atomic E-state index is -0.533. The van der Waals surface area contributed by atoms with E-state index < -0.39 is 6.10 Å². The molecule has 154 valence electrons. The average molecular weight is 409 g/mol. The number of aliphatic hydroxyl groups is 1. The van der Waals surface area contributed by atoms with Gasteiger partial charge in [0.1, 0.15) is 30.0 Å². The zero-order valence-corrected chi connectivity index (χ0v) is 17.2. The van der Waals surface area contributed by atoms with E-state index in [9.17, 15) is 5.11 Å². The normalized spacial score (nSPS) is 15.5. The highest BCUT2D eigenvalue weighted by atomic mass is 35.5. The highest BCUT2D eigenvalue weighted by molar-refractivity contribution is 5.85. The molecule has 3 rings (SSSR count). The van der Waals surface area contributed by atoms with Crippen molar-refractivity contribution in [2.24, 2.45) is 0 Å². The highest BCUT2D eigenvalue weighted by Gasteiger charge is 2.21. The molecule has 0 amide bonds. The van der Waals surface area contributed by atoms with E-state index in [1.54, 1.807) is 14.2 Å². The van der Waals surface area contributed by atoms with Gasteiger partial charge in [0.2, 0.25) is 0 Å². The largest absolute Gasteiger partial charge is 0.497 e. The third kappa shape index (κ3) is 5.92. The van der Waals surface area contributed by atoms with E-state index in [2.05, 4.69) is 15.9 Å². The van der Waals surface area contributed by atoms with Crippen LogP contribution in [0.1, 0.15) is 0 Å². The molecule has 2 aromatic rings. The second-order valence-electron chi connectivity index (χ2n) is 6.60. The fourth-order valence-corrected chi connectivity index (χ4v) is 3.30. The molecule has 1 aliphatic heterocycles. The van der Waals surface area contributed by atoms with Crippen molar-refractivity contribution in [2.45, 2.75) is 6.10 Å². The second-order valence-corrected chi connectivity index (χ2v) is 6.60. The molecule has 0 bridgehead atoms. The van der Waals surface area contributed by atoms with Crippen molar-refractivity contribution < 1.29 is 19.3 Å². The van der Waals surface area contributed by atoms with Crippen LogP contribution < -0.4 is 19.1 Å². The van der Waals surface area contributed by atoms with E-state index in [-0.39, 0.29) is 19.0 Å². The number of piperazine rings is 1. The van der Waals surface area contributed by atoms with Gasteiger partial charge >= 0.3 is 0 Å². The summed E-state index contributed by atoms with van der Waals surface area (Å²) in [5.41, 5.74) is 1.13. The molecule has 1 heterocycles. The summed E-state index contributed by atoms with van der Waals surface area (Å²) < 4.78 is 16.3. The van der Waals surface area contributed by atoms with Gasteiger partial charge in [0.15, 0.2) is 0 Å². The van der Waals surface area contributed by atoms with Gasteiger partial charge in [0, 0.05) is 38.8 Å². The lowest BCUT2D eigenvalue weighted by molar-refractivity contribution is 0.0662. The summed E-state index contributed by atoms with van der Waals surface area (Å²) in [6.07, 6.45) is -0.533. The molecule has 28 heavy (non-hydrogen) atoms. The molecule has 1 unspecified atom stereocenters. The number of methoxy groups -OCH3 is 2. The number of aliphatic hydroxyl groups excluding tert-OH is 1. The number of hydrogen-bond acceptors (Lipinski definition) is 6. The SMILES string of the molecule is COc1cccc(OCC(O)CN2CCN(c3ccccc3OC)CC2)c1.Cl. The fourth-order valence-electron chi connectivity index (χ4n) is 3.30. The predicted octanol–water partition coefficient (Wildman–Crippen LogP) is 2.69. The number of halogens is 1. The molecule has 1 atom stereocenters. The van der Waals surface area contributed by atoms with Crippen molar-refractivity contribution in [2.75, 3.05) is 58.5 Å². The lowest BCUT2D eigenvalue weighted by Gasteiger charge is -2.37. The number of hydrogen-bond donors (Lipinski definition) is 1. The average Bonchev–Trinajstić information content (AvgIpc) is 2.73. The molecule has 7 heteroatoms. The summed E-state index contributed by atoms with van der Waals surface area (Å²) in [5.74, 6) is 2.35. The number of para-hydroxylation sites is 2. The topological polar surface area (TPSA) is 54.4 Å². The number of benzene rings is 2. The van der Waals surface area contributed by atoms with Gasteiger partial charge in [-0.3, -0.25) is 4.90 Å². The smallest absolute Gasteiger partial charge is 0.142 e. The van der Waals surface area contributed by atoms with E-state index in [1.807, 2.05) is 42.5 Å². The number of nitrogens with zero attached hydrogens (tertiary/aromatic N) is 2. The van der Waals surface area contributed by atoms with Crippen LogP contribution in [0.15, 0.2) is 48.5 Å². The van der Waals surface area contributed by atoms with E-state index in [4.69, 9.17) is 14.2 Å². The Labute approximate surface area is 173 Å². The molecule has 2 aromatic carbocycles. The van der Waals surface area contributed by atoms with Gasteiger partial charge in [-0.05, 0) is 24.3 Å². The number of β-amino-alcohol motifs (C(OH)–C–C–N with tert-alkyl or cyclic N) is 1. The summed E-state index contributed by atoms with van der Waals surface area (Å²) in [7, 11) is 3.33. The Bertz CT molecular complexity index is 723. The van der Waals surface area contributed by atoms with Crippen LogP contribution in [0, 0.1) is 0 Å². The number of rotatable bonds is 8. The molecule has 1 fully saturated rings. The lowest BCUT2D eigenvalue weighted by Crippen LogP contribution is -2.49. The first-order valence-electron chi connectivity index (χ1n) is 9.25.